The number of terminal acetylenes is 1. The summed E-state index contributed by atoms with van der Waals surface area (Å²) in [6, 6.07) is 3.28. The lowest BCUT2D eigenvalue weighted by Crippen LogP contribution is -2.42. The average molecular weight is 252 g/mol. The van der Waals surface area contributed by atoms with Crippen molar-refractivity contribution < 1.29 is 18.7 Å². The molecule has 1 fully saturated rings. The highest BCUT2D eigenvalue weighted by Crippen LogP contribution is 2.40. The SMILES string of the molecule is C#CC(O)(c1ccco1)C1CCC(OC)C(F)C1. The minimum Gasteiger partial charge on any atom is -0.465 e. The summed E-state index contributed by atoms with van der Waals surface area (Å²) in [7, 11) is 1.50. The lowest BCUT2D eigenvalue weighted by Gasteiger charge is -2.37. The Balaban J connectivity index is 2.18. The van der Waals surface area contributed by atoms with Crippen LogP contribution in [-0.2, 0) is 10.3 Å². The fourth-order valence-electron chi connectivity index (χ4n) is 2.62. The number of hydrogen-bond donors (Lipinski definition) is 1. The van der Waals surface area contributed by atoms with Crippen LogP contribution in [0.5, 0.6) is 0 Å². The van der Waals surface area contributed by atoms with E-state index in [-0.39, 0.29) is 12.3 Å². The fourth-order valence-corrected chi connectivity index (χ4v) is 2.62. The van der Waals surface area contributed by atoms with Crippen LogP contribution in [0.1, 0.15) is 25.0 Å². The third-order valence-electron chi connectivity index (χ3n) is 3.72. The molecule has 1 aromatic rings. The molecule has 3 nitrogen and oxygen atoms in total. The van der Waals surface area contributed by atoms with Crippen molar-refractivity contribution in [3.8, 4) is 12.3 Å². The summed E-state index contributed by atoms with van der Waals surface area (Å²) in [6.45, 7) is 0. The number of halogens is 1. The molecule has 1 aliphatic rings. The first kappa shape index (κ1) is 13.1. The quantitative estimate of drug-likeness (QED) is 0.839. The zero-order valence-electron chi connectivity index (χ0n) is 10.3. The normalized spacial score (nSPS) is 31.6. The van der Waals surface area contributed by atoms with Crippen LogP contribution in [-0.4, -0.2) is 24.5 Å². The average Bonchev–Trinajstić information content (AvgIpc) is 2.92. The summed E-state index contributed by atoms with van der Waals surface area (Å²) >= 11 is 0. The third kappa shape index (κ3) is 2.16. The second-order valence-corrected chi connectivity index (χ2v) is 4.69. The summed E-state index contributed by atoms with van der Waals surface area (Å²) < 4.78 is 24.1. The van der Waals surface area contributed by atoms with E-state index in [4.69, 9.17) is 15.6 Å². The first-order valence-corrected chi connectivity index (χ1v) is 6.02. The van der Waals surface area contributed by atoms with Gasteiger partial charge in [-0.1, -0.05) is 5.92 Å². The van der Waals surface area contributed by atoms with E-state index in [0.717, 1.165) is 0 Å². The van der Waals surface area contributed by atoms with Crippen molar-refractivity contribution in [2.24, 2.45) is 5.92 Å². The van der Waals surface area contributed by atoms with Gasteiger partial charge in [0.2, 0.25) is 0 Å². The Morgan fingerprint density at radius 1 is 1.61 bits per heavy atom. The van der Waals surface area contributed by atoms with Gasteiger partial charge in [-0.2, -0.15) is 0 Å². The van der Waals surface area contributed by atoms with Crippen LogP contribution in [0.3, 0.4) is 0 Å². The van der Waals surface area contributed by atoms with Crippen molar-refractivity contribution in [2.45, 2.75) is 37.1 Å². The van der Waals surface area contributed by atoms with Crippen LogP contribution < -0.4 is 0 Å². The molecule has 0 saturated heterocycles. The van der Waals surface area contributed by atoms with Crippen molar-refractivity contribution in [1.82, 2.24) is 0 Å². The van der Waals surface area contributed by atoms with E-state index in [2.05, 4.69) is 5.92 Å². The Bertz CT molecular complexity index is 423. The van der Waals surface area contributed by atoms with Gasteiger partial charge < -0.3 is 14.3 Å². The van der Waals surface area contributed by atoms with Crippen LogP contribution in [0, 0.1) is 18.3 Å². The largest absolute Gasteiger partial charge is 0.465 e. The number of aliphatic hydroxyl groups is 1. The van der Waals surface area contributed by atoms with Gasteiger partial charge in [0.05, 0.1) is 12.4 Å². The van der Waals surface area contributed by atoms with Crippen LogP contribution in [0.15, 0.2) is 22.8 Å². The van der Waals surface area contributed by atoms with E-state index >= 15 is 0 Å². The molecule has 4 atom stereocenters. The van der Waals surface area contributed by atoms with Gasteiger partial charge in [0, 0.05) is 13.0 Å². The van der Waals surface area contributed by atoms with E-state index in [1.807, 2.05) is 0 Å². The molecule has 1 heterocycles. The predicted octanol–water partition coefficient (Wildman–Crippen LogP) is 2.25. The van der Waals surface area contributed by atoms with Crippen LogP contribution in [0.4, 0.5) is 4.39 Å². The summed E-state index contributed by atoms with van der Waals surface area (Å²) in [5.41, 5.74) is -1.54. The third-order valence-corrected chi connectivity index (χ3v) is 3.72. The van der Waals surface area contributed by atoms with E-state index < -0.39 is 17.9 Å². The number of ether oxygens (including phenoxy) is 1. The first-order chi connectivity index (χ1) is 8.61. The minimum absolute atomic E-state index is 0.180. The van der Waals surface area contributed by atoms with Gasteiger partial charge in [0.25, 0.3) is 0 Å². The molecular formula is C14H17FO3. The van der Waals surface area contributed by atoms with E-state index in [1.54, 1.807) is 12.1 Å². The Hall–Kier alpha value is -1.31. The van der Waals surface area contributed by atoms with Crippen molar-refractivity contribution in [3.63, 3.8) is 0 Å². The molecule has 0 spiro atoms. The number of hydrogen-bond acceptors (Lipinski definition) is 3. The maximum Gasteiger partial charge on any atom is 0.186 e. The Morgan fingerprint density at radius 3 is 2.89 bits per heavy atom. The zero-order chi connectivity index (χ0) is 13.2. The molecule has 0 aromatic carbocycles. The van der Waals surface area contributed by atoms with Crippen molar-refractivity contribution >= 4 is 0 Å². The maximum absolute atomic E-state index is 13.9. The molecule has 1 N–H and O–H groups in total. The van der Waals surface area contributed by atoms with E-state index in [9.17, 15) is 9.50 Å². The first-order valence-electron chi connectivity index (χ1n) is 6.02. The van der Waals surface area contributed by atoms with Gasteiger partial charge in [-0.15, -0.1) is 6.42 Å². The summed E-state index contributed by atoms with van der Waals surface area (Å²) in [4.78, 5) is 0. The molecule has 0 radical (unpaired) electrons. The van der Waals surface area contributed by atoms with E-state index in [1.165, 1.54) is 13.4 Å². The second-order valence-electron chi connectivity index (χ2n) is 4.69. The van der Waals surface area contributed by atoms with Crippen molar-refractivity contribution in [3.05, 3.63) is 24.2 Å². The molecule has 4 unspecified atom stereocenters. The lowest BCUT2D eigenvalue weighted by atomic mass is 9.74. The van der Waals surface area contributed by atoms with Crippen molar-refractivity contribution in [1.29, 1.82) is 0 Å². The highest BCUT2D eigenvalue weighted by atomic mass is 19.1. The summed E-state index contributed by atoms with van der Waals surface area (Å²) in [5, 5.41) is 10.5. The molecule has 4 heteroatoms. The number of furan rings is 1. The van der Waals surface area contributed by atoms with Gasteiger partial charge in [-0.05, 0) is 31.4 Å². The van der Waals surface area contributed by atoms with Crippen LogP contribution in [0.2, 0.25) is 0 Å². The Morgan fingerprint density at radius 2 is 2.39 bits per heavy atom. The molecule has 18 heavy (non-hydrogen) atoms. The summed E-state index contributed by atoms with van der Waals surface area (Å²) in [6.07, 6.45) is 6.71. The highest BCUT2D eigenvalue weighted by Gasteiger charge is 2.44. The minimum atomic E-state index is -1.54. The lowest BCUT2D eigenvalue weighted by molar-refractivity contribution is -0.0641. The van der Waals surface area contributed by atoms with Crippen molar-refractivity contribution in [2.75, 3.05) is 7.11 Å². The standard InChI is InChI=1S/C14H17FO3/c1-3-14(16,13-5-4-8-18-13)10-6-7-12(17-2)11(15)9-10/h1,4-5,8,10-12,16H,6-7,9H2,2H3. The molecule has 2 rings (SSSR count). The molecule has 1 aliphatic carbocycles. The van der Waals surface area contributed by atoms with Gasteiger partial charge >= 0.3 is 0 Å². The van der Waals surface area contributed by atoms with E-state index in [0.29, 0.717) is 18.6 Å². The molecule has 0 amide bonds. The molecule has 0 aliphatic heterocycles. The van der Waals surface area contributed by atoms with Gasteiger partial charge in [0.15, 0.2) is 5.60 Å². The molecule has 98 valence electrons. The Labute approximate surface area is 106 Å². The van der Waals surface area contributed by atoms with Crippen LogP contribution in [0.25, 0.3) is 0 Å². The second kappa shape index (κ2) is 5.13. The summed E-state index contributed by atoms with van der Waals surface area (Å²) in [5.74, 6) is 2.31. The molecular weight excluding hydrogens is 235 g/mol. The van der Waals surface area contributed by atoms with Crippen LogP contribution >= 0.6 is 0 Å². The number of rotatable bonds is 3. The Kier molecular flexibility index (Phi) is 3.74. The zero-order valence-corrected chi connectivity index (χ0v) is 10.3. The van der Waals surface area contributed by atoms with Gasteiger partial charge in [-0.25, -0.2) is 4.39 Å². The fraction of sp³-hybridized carbons (Fsp3) is 0.571. The topological polar surface area (TPSA) is 42.6 Å². The smallest absolute Gasteiger partial charge is 0.186 e. The maximum atomic E-state index is 13.9. The molecule has 1 saturated carbocycles. The molecule has 1 aromatic heterocycles. The number of alkyl halides is 1. The van der Waals surface area contributed by atoms with Gasteiger partial charge in [-0.3, -0.25) is 0 Å². The monoisotopic (exact) mass is 252 g/mol. The van der Waals surface area contributed by atoms with Gasteiger partial charge in [0.1, 0.15) is 11.9 Å². The number of methoxy groups -OCH3 is 1. The highest BCUT2D eigenvalue weighted by molar-refractivity contribution is 5.24. The molecule has 0 bridgehead atoms. The predicted molar refractivity (Wildman–Crippen MR) is 64.5 cm³/mol.